The van der Waals surface area contributed by atoms with E-state index in [1.807, 2.05) is 0 Å². The van der Waals surface area contributed by atoms with Gasteiger partial charge in [-0.3, -0.25) is 4.79 Å². The van der Waals surface area contributed by atoms with E-state index in [1.54, 1.807) is 0 Å². The third-order valence-electron chi connectivity index (χ3n) is 4.53. The van der Waals surface area contributed by atoms with Gasteiger partial charge in [-0.25, -0.2) is 4.79 Å². The summed E-state index contributed by atoms with van der Waals surface area (Å²) < 4.78 is 0. The number of unbranched alkanes of at least 4 members (excludes halogenated alkanes) is 14. The molecule has 0 aliphatic carbocycles. The standard InChI is InChI=1S/C20H39NO3/c1-2-3-4-5-6-7-8-9-10-11-12-13-14-15-16-17-19(22)18-20(23)24-21/h2-18,21H2,1H3. The molecule has 0 aromatic carbocycles. The van der Waals surface area contributed by atoms with Gasteiger partial charge in [0.05, 0.1) is 0 Å². The summed E-state index contributed by atoms with van der Waals surface area (Å²) in [7, 11) is 0. The average Bonchev–Trinajstić information content (AvgIpc) is 2.58. The van der Waals surface area contributed by atoms with E-state index in [4.69, 9.17) is 5.90 Å². The first-order valence-corrected chi connectivity index (χ1v) is 10.1. The highest BCUT2D eigenvalue weighted by Crippen LogP contribution is 2.13. The number of carbonyl (C=O) groups is 2. The molecular formula is C20H39NO3. The third-order valence-corrected chi connectivity index (χ3v) is 4.53. The molecule has 0 fully saturated rings. The van der Waals surface area contributed by atoms with E-state index >= 15 is 0 Å². The molecule has 0 spiro atoms. The second kappa shape index (κ2) is 18.4. The van der Waals surface area contributed by atoms with Gasteiger partial charge in [0.25, 0.3) is 0 Å². The summed E-state index contributed by atoms with van der Waals surface area (Å²) in [5.41, 5.74) is 0. The Hall–Kier alpha value is -0.900. The molecule has 0 radical (unpaired) electrons. The van der Waals surface area contributed by atoms with E-state index in [-0.39, 0.29) is 12.2 Å². The van der Waals surface area contributed by atoms with Crippen molar-refractivity contribution in [2.24, 2.45) is 5.90 Å². The lowest BCUT2D eigenvalue weighted by Gasteiger charge is -2.03. The first-order chi connectivity index (χ1) is 11.7. The minimum atomic E-state index is -0.638. The van der Waals surface area contributed by atoms with Gasteiger partial charge in [0.1, 0.15) is 12.2 Å². The average molecular weight is 342 g/mol. The highest BCUT2D eigenvalue weighted by molar-refractivity contribution is 5.95. The van der Waals surface area contributed by atoms with Crippen LogP contribution in [0.4, 0.5) is 0 Å². The van der Waals surface area contributed by atoms with E-state index in [2.05, 4.69) is 11.8 Å². The van der Waals surface area contributed by atoms with Crippen LogP contribution in [0.5, 0.6) is 0 Å². The van der Waals surface area contributed by atoms with Crippen LogP contribution in [-0.2, 0) is 14.4 Å². The van der Waals surface area contributed by atoms with Crippen LogP contribution in [0.1, 0.15) is 116 Å². The van der Waals surface area contributed by atoms with E-state index in [0.29, 0.717) is 6.42 Å². The zero-order valence-corrected chi connectivity index (χ0v) is 15.8. The molecule has 0 aliphatic heterocycles. The quantitative estimate of drug-likeness (QED) is 0.199. The molecule has 0 bridgehead atoms. The number of hydrogen-bond donors (Lipinski definition) is 1. The molecule has 0 aromatic rings. The molecule has 24 heavy (non-hydrogen) atoms. The summed E-state index contributed by atoms with van der Waals surface area (Å²) in [5.74, 6) is 4.00. The van der Waals surface area contributed by atoms with Crippen molar-refractivity contribution in [3.8, 4) is 0 Å². The Morgan fingerprint density at radius 2 is 1.04 bits per heavy atom. The van der Waals surface area contributed by atoms with Crippen LogP contribution < -0.4 is 5.90 Å². The monoisotopic (exact) mass is 341 g/mol. The van der Waals surface area contributed by atoms with Gasteiger partial charge in [-0.2, -0.15) is 5.90 Å². The lowest BCUT2D eigenvalue weighted by molar-refractivity contribution is -0.146. The third kappa shape index (κ3) is 17.5. The minimum absolute atomic E-state index is 0.0693. The first kappa shape index (κ1) is 23.1. The van der Waals surface area contributed by atoms with Crippen LogP contribution >= 0.6 is 0 Å². The van der Waals surface area contributed by atoms with Gasteiger partial charge in [0.2, 0.25) is 0 Å². The van der Waals surface area contributed by atoms with Crippen LogP contribution in [0.25, 0.3) is 0 Å². The number of rotatable bonds is 18. The van der Waals surface area contributed by atoms with Gasteiger partial charge < -0.3 is 4.84 Å². The Bertz CT molecular complexity index is 305. The summed E-state index contributed by atoms with van der Waals surface area (Å²) >= 11 is 0. The normalized spacial score (nSPS) is 10.8. The number of Topliss-reactive ketones (excluding diaryl/α,β-unsaturated/α-hetero) is 1. The molecule has 4 nitrogen and oxygen atoms in total. The fourth-order valence-electron chi connectivity index (χ4n) is 2.98. The van der Waals surface area contributed by atoms with E-state index in [1.165, 1.54) is 83.5 Å². The molecule has 0 saturated carbocycles. The van der Waals surface area contributed by atoms with E-state index in [9.17, 15) is 9.59 Å². The fourth-order valence-corrected chi connectivity index (χ4v) is 2.98. The van der Waals surface area contributed by atoms with Crippen molar-refractivity contribution in [1.82, 2.24) is 0 Å². The Morgan fingerprint density at radius 3 is 1.42 bits per heavy atom. The second-order valence-electron chi connectivity index (χ2n) is 6.91. The molecule has 2 N–H and O–H groups in total. The molecular weight excluding hydrogens is 302 g/mol. The van der Waals surface area contributed by atoms with E-state index in [0.717, 1.165) is 12.8 Å². The molecule has 0 amide bonds. The summed E-state index contributed by atoms with van der Waals surface area (Å²) in [6, 6.07) is 0. The van der Waals surface area contributed by atoms with Crippen LogP contribution in [-0.4, -0.2) is 11.8 Å². The molecule has 0 aliphatic rings. The zero-order valence-electron chi connectivity index (χ0n) is 15.8. The number of carbonyl (C=O) groups excluding carboxylic acids is 2. The zero-order chi connectivity index (χ0) is 17.9. The highest BCUT2D eigenvalue weighted by Gasteiger charge is 2.09. The largest absolute Gasteiger partial charge is 0.373 e. The lowest BCUT2D eigenvalue weighted by Crippen LogP contribution is -2.14. The van der Waals surface area contributed by atoms with Gasteiger partial charge in [0, 0.05) is 6.42 Å². The summed E-state index contributed by atoms with van der Waals surface area (Å²) in [5, 5.41) is 0. The topological polar surface area (TPSA) is 69.4 Å². The van der Waals surface area contributed by atoms with Gasteiger partial charge in [-0.1, -0.05) is 96.8 Å². The minimum Gasteiger partial charge on any atom is -0.373 e. The summed E-state index contributed by atoms with van der Waals surface area (Å²) in [4.78, 5) is 26.2. The van der Waals surface area contributed by atoms with Crippen LogP contribution in [0.15, 0.2) is 0 Å². The first-order valence-electron chi connectivity index (χ1n) is 10.1. The van der Waals surface area contributed by atoms with Crippen molar-refractivity contribution in [2.45, 2.75) is 116 Å². The predicted molar refractivity (Wildman–Crippen MR) is 99.4 cm³/mol. The maximum atomic E-state index is 11.4. The summed E-state index contributed by atoms with van der Waals surface area (Å²) in [6.07, 6.45) is 19.9. The van der Waals surface area contributed by atoms with Gasteiger partial charge in [-0.05, 0) is 6.42 Å². The molecule has 0 rings (SSSR count). The maximum absolute atomic E-state index is 11.4. The van der Waals surface area contributed by atoms with Crippen LogP contribution in [0, 0.1) is 0 Å². The second-order valence-corrected chi connectivity index (χ2v) is 6.91. The highest BCUT2D eigenvalue weighted by atomic mass is 16.7. The van der Waals surface area contributed by atoms with Crippen molar-refractivity contribution in [2.75, 3.05) is 0 Å². The van der Waals surface area contributed by atoms with Gasteiger partial charge in [0.15, 0.2) is 0 Å². The van der Waals surface area contributed by atoms with E-state index < -0.39 is 5.97 Å². The molecule has 4 heteroatoms. The summed E-state index contributed by atoms with van der Waals surface area (Å²) in [6.45, 7) is 2.26. The van der Waals surface area contributed by atoms with Crippen LogP contribution in [0.2, 0.25) is 0 Å². The fraction of sp³-hybridized carbons (Fsp3) is 0.900. The van der Waals surface area contributed by atoms with Crippen molar-refractivity contribution < 1.29 is 14.4 Å². The molecule has 0 heterocycles. The molecule has 0 unspecified atom stereocenters. The van der Waals surface area contributed by atoms with Crippen molar-refractivity contribution >= 4 is 11.8 Å². The number of hydrogen-bond acceptors (Lipinski definition) is 4. The van der Waals surface area contributed by atoms with Crippen molar-refractivity contribution in [3.05, 3.63) is 0 Å². The van der Waals surface area contributed by atoms with Crippen LogP contribution in [0.3, 0.4) is 0 Å². The molecule has 0 aromatic heterocycles. The van der Waals surface area contributed by atoms with Crippen molar-refractivity contribution in [3.63, 3.8) is 0 Å². The van der Waals surface area contributed by atoms with Gasteiger partial charge >= 0.3 is 5.97 Å². The lowest BCUT2D eigenvalue weighted by atomic mass is 10.0. The molecule has 142 valence electrons. The smallest absolute Gasteiger partial charge is 0.331 e. The Morgan fingerprint density at radius 1 is 0.667 bits per heavy atom. The van der Waals surface area contributed by atoms with Crippen molar-refractivity contribution in [1.29, 1.82) is 0 Å². The molecule has 0 saturated heterocycles. The number of ketones is 1. The Balaban J connectivity index is 3.12. The van der Waals surface area contributed by atoms with Gasteiger partial charge in [-0.15, -0.1) is 0 Å². The maximum Gasteiger partial charge on any atom is 0.331 e. The predicted octanol–water partition coefficient (Wildman–Crippen LogP) is 5.62. The molecule has 0 atom stereocenters. The Labute approximate surface area is 148 Å². The Kier molecular flexibility index (Phi) is 17.7. The number of nitrogens with two attached hydrogens (primary N) is 1. The SMILES string of the molecule is CCCCCCCCCCCCCCCCCC(=O)CC(=O)ON.